The van der Waals surface area contributed by atoms with Gasteiger partial charge in [-0.3, -0.25) is 0 Å². The molecule has 102 valence electrons. The van der Waals surface area contributed by atoms with Crippen LogP contribution in [0.2, 0.25) is 0 Å². The first-order valence-corrected chi connectivity index (χ1v) is 7.63. The average molecular weight is 274 g/mol. The summed E-state index contributed by atoms with van der Waals surface area (Å²) in [5, 5.41) is 6.67. The first-order chi connectivity index (χ1) is 9.02. The van der Waals surface area contributed by atoms with Crippen molar-refractivity contribution in [3.63, 3.8) is 0 Å². The van der Waals surface area contributed by atoms with Gasteiger partial charge in [0, 0.05) is 11.6 Å². The number of rotatable bonds is 4. The molecule has 19 heavy (non-hydrogen) atoms. The molecule has 0 fully saturated rings. The van der Waals surface area contributed by atoms with E-state index in [0.717, 1.165) is 11.6 Å². The second kappa shape index (κ2) is 5.85. The fourth-order valence-electron chi connectivity index (χ4n) is 2.10. The van der Waals surface area contributed by atoms with E-state index in [9.17, 15) is 0 Å². The average Bonchev–Trinajstić information content (AvgIpc) is 2.89. The highest BCUT2D eigenvalue weighted by Crippen LogP contribution is 2.27. The zero-order chi connectivity index (χ0) is 13.9. The number of hydrogen-bond donors (Lipinski definition) is 1. The third-order valence-electron chi connectivity index (χ3n) is 3.22. The van der Waals surface area contributed by atoms with Crippen LogP contribution in [0.1, 0.15) is 49.9 Å². The van der Waals surface area contributed by atoms with Crippen LogP contribution < -0.4 is 5.32 Å². The Bertz CT molecular complexity index is 495. The summed E-state index contributed by atoms with van der Waals surface area (Å²) in [5.74, 6) is 0. The number of aromatic nitrogens is 1. The number of nitrogens with one attached hydrogen (secondary N) is 1. The Hall–Kier alpha value is -1.19. The Labute approximate surface area is 119 Å². The first-order valence-electron chi connectivity index (χ1n) is 6.75. The van der Waals surface area contributed by atoms with E-state index in [-0.39, 0.29) is 11.5 Å². The van der Waals surface area contributed by atoms with E-state index in [4.69, 9.17) is 0 Å². The Morgan fingerprint density at radius 3 is 2.37 bits per heavy atom. The minimum absolute atomic E-state index is 0.202. The molecule has 0 saturated heterocycles. The van der Waals surface area contributed by atoms with Crippen LogP contribution in [0, 0.1) is 0 Å². The van der Waals surface area contributed by atoms with E-state index in [1.54, 1.807) is 11.3 Å². The Morgan fingerprint density at radius 2 is 1.89 bits per heavy atom. The molecule has 1 heterocycles. The molecule has 0 bridgehead atoms. The first kappa shape index (κ1) is 14.2. The molecule has 1 N–H and O–H groups in total. The summed E-state index contributed by atoms with van der Waals surface area (Å²) in [6.07, 6.45) is 1.87. The lowest BCUT2D eigenvalue weighted by molar-refractivity contribution is 0.587. The Morgan fingerprint density at radius 1 is 1.21 bits per heavy atom. The maximum atomic E-state index is 4.44. The topological polar surface area (TPSA) is 24.9 Å². The number of thiazole rings is 1. The van der Waals surface area contributed by atoms with Gasteiger partial charge in [0.2, 0.25) is 0 Å². The molecule has 0 amide bonds. The number of hydrogen-bond acceptors (Lipinski definition) is 3. The molecule has 1 unspecified atom stereocenters. The zero-order valence-electron chi connectivity index (χ0n) is 12.1. The van der Waals surface area contributed by atoms with E-state index >= 15 is 0 Å². The fraction of sp³-hybridized carbons (Fsp3) is 0.438. The van der Waals surface area contributed by atoms with Gasteiger partial charge in [-0.05, 0) is 23.1 Å². The molecule has 0 aliphatic carbocycles. The maximum Gasteiger partial charge on any atom is 0.114 e. The minimum Gasteiger partial charge on any atom is -0.305 e. The molecular formula is C16H22N2S. The summed E-state index contributed by atoms with van der Waals surface area (Å²) in [7, 11) is 0. The predicted octanol–water partition coefficient (Wildman–Crippen LogP) is 4.14. The van der Waals surface area contributed by atoms with E-state index in [2.05, 4.69) is 62.3 Å². The normalized spacial score (nSPS) is 13.5. The zero-order valence-corrected chi connectivity index (χ0v) is 12.9. The summed E-state index contributed by atoms with van der Waals surface area (Å²) in [6.45, 7) is 9.79. The van der Waals surface area contributed by atoms with Gasteiger partial charge < -0.3 is 5.32 Å². The Kier molecular flexibility index (Phi) is 4.38. The van der Waals surface area contributed by atoms with Crippen LogP contribution in [0.25, 0.3) is 0 Å². The van der Waals surface area contributed by atoms with Crippen molar-refractivity contribution >= 4 is 11.3 Å². The lowest BCUT2D eigenvalue weighted by atomic mass is 9.86. The second-order valence-corrected chi connectivity index (χ2v) is 6.66. The fourth-order valence-corrected chi connectivity index (χ4v) is 2.84. The third-order valence-corrected chi connectivity index (χ3v) is 4.06. The van der Waals surface area contributed by atoms with Crippen molar-refractivity contribution in [3.05, 3.63) is 52.0 Å². The van der Waals surface area contributed by atoms with Gasteiger partial charge in [0.05, 0.1) is 6.04 Å². The van der Waals surface area contributed by atoms with Gasteiger partial charge in [-0.15, -0.1) is 11.3 Å². The molecule has 1 aromatic heterocycles. The molecule has 2 aromatic rings. The van der Waals surface area contributed by atoms with Gasteiger partial charge in [0.15, 0.2) is 0 Å². The molecule has 0 aliphatic rings. The van der Waals surface area contributed by atoms with Gasteiger partial charge in [-0.25, -0.2) is 4.98 Å². The second-order valence-electron chi connectivity index (χ2n) is 5.73. The largest absolute Gasteiger partial charge is 0.305 e. The van der Waals surface area contributed by atoms with Gasteiger partial charge in [0.25, 0.3) is 0 Å². The van der Waals surface area contributed by atoms with Crippen molar-refractivity contribution in [2.75, 3.05) is 6.54 Å². The van der Waals surface area contributed by atoms with Crippen molar-refractivity contribution < 1.29 is 0 Å². The van der Waals surface area contributed by atoms with Gasteiger partial charge >= 0.3 is 0 Å². The highest BCUT2D eigenvalue weighted by Gasteiger charge is 2.17. The quantitative estimate of drug-likeness (QED) is 0.906. The Balaban J connectivity index is 2.28. The maximum absolute atomic E-state index is 4.44. The van der Waals surface area contributed by atoms with Crippen LogP contribution in [0.15, 0.2) is 35.8 Å². The highest BCUT2D eigenvalue weighted by atomic mass is 32.1. The smallest absolute Gasteiger partial charge is 0.114 e. The molecule has 1 atom stereocenters. The lowest BCUT2D eigenvalue weighted by Crippen LogP contribution is -2.22. The van der Waals surface area contributed by atoms with Gasteiger partial charge in [-0.1, -0.05) is 52.0 Å². The minimum atomic E-state index is 0.202. The van der Waals surface area contributed by atoms with Crippen LogP contribution in [-0.4, -0.2) is 11.5 Å². The van der Waals surface area contributed by atoms with E-state index < -0.39 is 0 Å². The summed E-state index contributed by atoms with van der Waals surface area (Å²) in [4.78, 5) is 4.44. The molecule has 1 aromatic carbocycles. The monoisotopic (exact) mass is 274 g/mol. The molecule has 0 spiro atoms. The lowest BCUT2D eigenvalue weighted by Gasteiger charge is -2.21. The number of nitrogens with zero attached hydrogens (tertiary/aromatic N) is 1. The van der Waals surface area contributed by atoms with Crippen LogP contribution in [0.3, 0.4) is 0 Å². The summed E-state index contributed by atoms with van der Waals surface area (Å²) >= 11 is 1.70. The van der Waals surface area contributed by atoms with E-state index in [1.807, 2.05) is 11.6 Å². The van der Waals surface area contributed by atoms with E-state index in [1.165, 1.54) is 11.1 Å². The molecule has 0 aliphatic heterocycles. The predicted molar refractivity (Wildman–Crippen MR) is 82.8 cm³/mol. The third kappa shape index (κ3) is 3.43. The molecule has 2 nitrogen and oxygen atoms in total. The van der Waals surface area contributed by atoms with Crippen LogP contribution >= 0.6 is 11.3 Å². The molecular weight excluding hydrogens is 252 g/mol. The molecule has 2 rings (SSSR count). The molecule has 3 heteroatoms. The summed E-state index contributed by atoms with van der Waals surface area (Å²) < 4.78 is 0. The highest BCUT2D eigenvalue weighted by molar-refractivity contribution is 7.09. The van der Waals surface area contributed by atoms with E-state index in [0.29, 0.717) is 0 Å². The summed E-state index contributed by atoms with van der Waals surface area (Å²) in [6, 6.07) is 9.10. The SMILES string of the molecule is CCNC(c1ccc(C(C)(C)C)cc1)c1nccs1. The van der Waals surface area contributed by atoms with Crippen molar-refractivity contribution in [3.8, 4) is 0 Å². The van der Waals surface area contributed by atoms with Crippen LogP contribution in [0.4, 0.5) is 0 Å². The molecule has 0 radical (unpaired) electrons. The van der Waals surface area contributed by atoms with Crippen molar-refractivity contribution in [1.29, 1.82) is 0 Å². The van der Waals surface area contributed by atoms with Crippen molar-refractivity contribution in [2.24, 2.45) is 0 Å². The molecule has 0 saturated carbocycles. The van der Waals surface area contributed by atoms with Crippen molar-refractivity contribution in [2.45, 2.75) is 39.2 Å². The summed E-state index contributed by atoms with van der Waals surface area (Å²) in [5.41, 5.74) is 2.85. The van der Waals surface area contributed by atoms with Gasteiger partial charge in [-0.2, -0.15) is 0 Å². The van der Waals surface area contributed by atoms with Crippen LogP contribution in [0.5, 0.6) is 0 Å². The standard InChI is InChI=1S/C16H22N2S/c1-5-17-14(15-18-10-11-19-15)12-6-8-13(9-7-12)16(2,3)4/h6-11,14,17H,5H2,1-4H3. The van der Waals surface area contributed by atoms with Gasteiger partial charge in [0.1, 0.15) is 5.01 Å². The van der Waals surface area contributed by atoms with Crippen LogP contribution in [-0.2, 0) is 5.41 Å². The number of benzene rings is 1. The van der Waals surface area contributed by atoms with Crippen molar-refractivity contribution in [1.82, 2.24) is 10.3 Å².